The predicted molar refractivity (Wildman–Crippen MR) is 90.5 cm³/mol. The van der Waals surface area contributed by atoms with E-state index < -0.39 is 5.97 Å². The maximum atomic E-state index is 11.9. The molecule has 2 rings (SSSR count). The van der Waals surface area contributed by atoms with Crippen molar-refractivity contribution in [2.24, 2.45) is 0 Å². The molecule has 3 nitrogen and oxygen atoms in total. The number of benzene rings is 2. The molecule has 0 saturated heterocycles. The van der Waals surface area contributed by atoms with Crippen LogP contribution in [0.4, 0.5) is 0 Å². The van der Waals surface area contributed by atoms with Crippen molar-refractivity contribution in [3.05, 3.63) is 77.2 Å². The maximum absolute atomic E-state index is 11.9. The summed E-state index contributed by atoms with van der Waals surface area (Å²) in [4.78, 5) is 11.9. The second-order valence-corrected chi connectivity index (χ2v) is 4.93. The van der Waals surface area contributed by atoms with Crippen LogP contribution in [0.1, 0.15) is 35.7 Å². The largest absolute Gasteiger partial charge is 0.508 e. The van der Waals surface area contributed by atoms with Crippen LogP contribution in [-0.2, 0) is 0 Å². The number of carbonyl (C=O) groups excluding carboxylic acids is 1. The molecule has 1 N–H and O–H groups in total. The molecule has 0 bridgehead atoms. The Morgan fingerprint density at radius 3 is 2.43 bits per heavy atom. The van der Waals surface area contributed by atoms with Gasteiger partial charge in [-0.25, -0.2) is 4.79 Å². The van der Waals surface area contributed by atoms with Gasteiger partial charge in [0.2, 0.25) is 0 Å². The average molecular weight is 306 g/mol. The van der Waals surface area contributed by atoms with Crippen LogP contribution < -0.4 is 4.74 Å². The van der Waals surface area contributed by atoms with E-state index in [-0.39, 0.29) is 5.75 Å². The molecule has 0 unspecified atom stereocenters. The number of ether oxygens (including phenoxy) is 1. The minimum Gasteiger partial charge on any atom is -0.508 e. The van der Waals surface area contributed by atoms with Gasteiger partial charge in [0.15, 0.2) is 0 Å². The minimum atomic E-state index is -0.462. The molecule has 0 radical (unpaired) electrons. The average Bonchev–Trinajstić information content (AvgIpc) is 2.57. The van der Waals surface area contributed by atoms with Crippen LogP contribution in [0, 0.1) is 0 Å². The van der Waals surface area contributed by atoms with Gasteiger partial charge in [0.05, 0.1) is 5.56 Å². The Morgan fingerprint density at radius 2 is 1.78 bits per heavy atom. The second kappa shape index (κ2) is 8.45. The molecule has 2 aromatic rings. The summed E-state index contributed by atoms with van der Waals surface area (Å²) in [6.07, 6.45) is 5.85. The maximum Gasteiger partial charge on any atom is 0.343 e. The van der Waals surface area contributed by atoms with Crippen molar-refractivity contribution < 1.29 is 14.6 Å². The fraction of sp³-hybridized carbons (Fsp3) is 0.150. The molecule has 0 aliphatic heterocycles. The number of hydrogen-bond acceptors (Lipinski definition) is 3. The number of esters is 1. The van der Waals surface area contributed by atoms with E-state index in [9.17, 15) is 9.90 Å². The fourth-order valence-electron chi connectivity index (χ4n) is 1.80. The lowest BCUT2D eigenvalue weighted by Gasteiger charge is -2.04. The topological polar surface area (TPSA) is 46.5 Å². The van der Waals surface area contributed by atoms with Crippen molar-refractivity contribution in [3.8, 4) is 11.5 Å². The Balaban J connectivity index is 2.01. The molecule has 0 aromatic heterocycles. The lowest BCUT2D eigenvalue weighted by Crippen LogP contribution is -2.07. The van der Waals surface area contributed by atoms with Crippen LogP contribution in [-0.4, -0.2) is 11.1 Å². The smallest absolute Gasteiger partial charge is 0.343 e. The molecule has 23 heavy (non-hydrogen) atoms. The molecule has 0 aliphatic carbocycles. The Bertz CT molecular complexity index is 742. The van der Waals surface area contributed by atoms with Gasteiger partial charge >= 0.3 is 5.97 Å². The first-order chi connectivity index (χ1) is 11.2. The standard InChI is InChI=1S/C20H18O3/c1-2-3-4-5-6-7-16-8-14-19(15-9-16)23-20(22)17-10-12-18(21)13-11-17/h4,7-15,21H,2-3H2,1H3. The van der Waals surface area contributed by atoms with Crippen molar-refractivity contribution in [1.29, 1.82) is 0 Å². The van der Waals surface area contributed by atoms with E-state index in [1.54, 1.807) is 12.1 Å². The van der Waals surface area contributed by atoms with Crippen LogP contribution in [0.15, 0.2) is 66.1 Å². The summed E-state index contributed by atoms with van der Waals surface area (Å²) >= 11 is 0. The molecule has 0 fully saturated rings. The van der Waals surface area contributed by atoms with E-state index >= 15 is 0 Å². The normalized spacial score (nSPS) is 9.43. The number of allylic oxidation sites excluding steroid dienone is 1. The van der Waals surface area contributed by atoms with Crippen molar-refractivity contribution in [3.63, 3.8) is 0 Å². The number of aromatic hydroxyl groups is 1. The molecule has 0 saturated carbocycles. The van der Waals surface area contributed by atoms with Gasteiger partial charge in [0, 0.05) is 0 Å². The van der Waals surface area contributed by atoms with E-state index in [0.29, 0.717) is 11.3 Å². The Labute approximate surface area is 135 Å². The Kier molecular flexibility index (Phi) is 6.02. The number of unbranched alkanes of at least 4 members (excludes halogenated alkanes) is 1. The summed E-state index contributed by atoms with van der Waals surface area (Å²) < 4.78 is 5.28. The molecule has 0 aliphatic rings. The van der Waals surface area contributed by atoms with E-state index in [1.807, 2.05) is 24.3 Å². The van der Waals surface area contributed by atoms with Crippen LogP contribution >= 0.6 is 0 Å². The third-order valence-corrected chi connectivity index (χ3v) is 3.05. The Hall–Kier alpha value is -2.99. The summed E-state index contributed by atoms with van der Waals surface area (Å²) in [5.41, 5.74) is 7.27. The number of phenols is 1. The SMILES string of the molecule is CCCC=C=C=Cc1ccc(OC(=O)c2ccc(O)cc2)cc1. The fourth-order valence-corrected chi connectivity index (χ4v) is 1.80. The lowest BCUT2D eigenvalue weighted by atomic mass is 10.2. The van der Waals surface area contributed by atoms with Crippen LogP contribution in [0.5, 0.6) is 11.5 Å². The van der Waals surface area contributed by atoms with Crippen LogP contribution in [0.2, 0.25) is 0 Å². The molecule has 0 amide bonds. The lowest BCUT2D eigenvalue weighted by molar-refractivity contribution is 0.0735. The van der Waals surface area contributed by atoms with E-state index in [0.717, 1.165) is 18.4 Å². The molecule has 116 valence electrons. The zero-order chi connectivity index (χ0) is 16.5. The van der Waals surface area contributed by atoms with Gasteiger partial charge in [-0.2, -0.15) is 0 Å². The van der Waals surface area contributed by atoms with E-state index in [4.69, 9.17) is 4.74 Å². The van der Waals surface area contributed by atoms with E-state index in [2.05, 4.69) is 18.4 Å². The molecule has 0 spiro atoms. The second-order valence-electron chi connectivity index (χ2n) is 4.93. The highest BCUT2D eigenvalue weighted by Crippen LogP contribution is 2.16. The summed E-state index contributed by atoms with van der Waals surface area (Å²) in [7, 11) is 0. The summed E-state index contributed by atoms with van der Waals surface area (Å²) in [5.74, 6) is 0.111. The highest BCUT2D eigenvalue weighted by molar-refractivity contribution is 5.91. The van der Waals surface area contributed by atoms with Gasteiger partial charge < -0.3 is 9.84 Å². The van der Waals surface area contributed by atoms with Crippen molar-refractivity contribution >= 4 is 12.0 Å². The first kappa shape index (κ1) is 16.4. The molecular weight excluding hydrogens is 288 g/mol. The van der Waals surface area contributed by atoms with Crippen molar-refractivity contribution in [1.82, 2.24) is 0 Å². The summed E-state index contributed by atoms with van der Waals surface area (Å²) in [6.45, 7) is 2.11. The first-order valence-electron chi connectivity index (χ1n) is 7.46. The van der Waals surface area contributed by atoms with E-state index in [1.165, 1.54) is 24.3 Å². The first-order valence-corrected chi connectivity index (χ1v) is 7.46. The molecule has 0 atom stereocenters. The van der Waals surface area contributed by atoms with Crippen molar-refractivity contribution in [2.75, 3.05) is 0 Å². The highest BCUT2D eigenvalue weighted by Gasteiger charge is 2.08. The number of rotatable bonds is 5. The monoisotopic (exact) mass is 306 g/mol. The molecule has 2 aromatic carbocycles. The van der Waals surface area contributed by atoms with Gasteiger partial charge in [-0.15, -0.1) is 0 Å². The third kappa shape index (κ3) is 5.37. The van der Waals surface area contributed by atoms with Gasteiger partial charge in [0.1, 0.15) is 11.5 Å². The summed E-state index contributed by atoms with van der Waals surface area (Å²) in [5, 5.41) is 9.21. The van der Waals surface area contributed by atoms with Gasteiger partial charge in [-0.1, -0.05) is 36.9 Å². The van der Waals surface area contributed by atoms with Crippen LogP contribution in [0.3, 0.4) is 0 Å². The quantitative estimate of drug-likeness (QED) is 0.493. The zero-order valence-electron chi connectivity index (χ0n) is 13.0. The summed E-state index contributed by atoms with van der Waals surface area (Å²) in [6, 6.07) is 13.1. The highest BCUT2D eigenvalue weighted by atomic mass is 16.5. The van der Waals surface area contributed by atoms with Crippen LogP contribution in [0.25, 0.3) is 6.08 Å². The predicted octanol–water partition coefficient (Wildman–Crippen LogP) is 4.73. The molecule has 3 heteroatoms. The Morgan fingerprint density at radius 1 is 1.09 bits per heavy atom. The number of carbonyl (C=O) groups is 1. The minimum absolute atomic E-state index is 0.110. The number of phenolic OH excluding ortho intramolecular Hbond substituents is 1. The zero-order valence-corrected chi connectivity index (χ0v) is 13.0. The van der Waals surface area contributed by atoms with Crippen molar-refractivity contribution in [2.45, 2.75) is 19.8 Å². The number of hydrogen-bond donors (Lipinski definition) is 1. The third-order valence-electron chi connectivity index (χ3n) is 3.05. The molecule has 0 heterocycles. The van der Waals surface area contributed by atoms with Gasteiger partial charge in [-0.3, -0.25) is 0 Å². The van der Waals surface area contributed by atoms with Gasteiger partial charge in [0.25, 0.3) is 0 Å². The van der Waals surface area contributed by atoms with Gasteiger partial charge in [-0.05, 0) is 60.5 Å². The molecular formula is C20H18O3.